The molecule has 20 heavy (non-hydrogen) atoms. The zero-order chi connectivity index (χ0) is 15.4. The van der Waals surface area contributed by atoms with Crippen molar-refractivity contribution in [3.05, 3.63) is 0 Å². The SMILES string of the molecule is O=C(O)CCCCCCCC(OCC(O)CO)C(=O)O. The zero-order valence-corrected chi connectivity index (χ0v) is 11.5. The van der Waals surface area contributed by atoms with Crippen LogP contribution in [0.5, 0.6) is 0 Å². The fourth-order valence-corrected chi connectivity index (χ4v) is 1.69. The molecule has 0 amide bonds. The van der Waals surface area contributed by atoms with Gasteiger partial charge in [0.05, 0.1) is 13.2 Å². The van der Waals surface area contributed by atoms with E-state index in [1.807, 2.05) is 0 Å². The maximum absolute atomic E-state index is 10.9. The van der Waals surface area contributed by atoms with Crippen molar-refractivity contribution in [1.82, 2.24) is 0 Å². The maximum Gasteiger partial charge on any atom is 0.332 e. The fourth-order valence-electron chi connectivity index (χ4n) is 1.69. The molecular formula is C13H24O7. The van der Waals surface area contributed by atoms with Crippen molar-refractivity contribution in [1.29, 1.82) is 0 Å². The molecule has 7 nitrogen and oxygen atoms in total. The van der Waals surface area contributed by atoms with E-state index < -0.39 is 30.8 Å². The molecule has 2 unspecified atom stereocenters. The third-order valence-corrected chi connectivity index (χ3v) is 2.83. The Kier molecular flexibility index (Phi) is 10.9. The predicted octanol–water partition coefficient (Wildman–Crippen LogP) is 0.625. The third-order valence-electron chi connectivity index (χ3n) is 2.83. The van der Waals surface area contributed by atoms with Crippen LogP contribution in [0, 0.1) is 0 Å². The standard InChI is InChI=1S/C13H24O7/c14-8-10(15)9-20-11(13(18)19)6-4-2-1-3-5-7-12(16)17/h10-11,14-15H,1-9H2,(H,16,17)(H,18,19). The molecule has 4 N–H and O–H groups in total. The molecule has 0 aromatic rings. The summed E-state index contributed by atoms with van der Waals surface area (Å²) in [6.07, 6.45) is 2.26. The van der Waals surface area contributed by atoms with Crippen molar-refractivity contribution in [3.8, 4) is 0 Å². The highest BCUT2D eigenvalue weighted by atomic mass is 16.5. The van der Waals surface area contributed by atoms with Crippen LogP contribution < -0.4 is 0 Å². The molecule has 118 valence electrons. The highest BCUT2D eigenvalue weighted by Crippen LogP contribution is 2.11. The van der Waals surface area contributed by atoms with Crippen molar-refractivity contribution in [2.45, 2.75) is 57.2 Å². The van der Waals surface area contributed by atoms with Crippen LogP contribution in [0.2, 0.25) is 0 Å². The number of unbranched alkanes of at least 4 members (excludes halogenated alkanes) is 4. The maximum atomic E-state index is 10.9. The summed E-state index contributed by atoms with van der Waals surface area (Å²) in [4.78, 5) is 21.2. The Labute approximate surface area is 118 Å². The van der Waals surface area contributed by atoms with Crippen molar-refractivity contribution >= 4 is 11.9 Å². The Balaban J connectivity index is 3.65. The molecule has 0 bridgehead atoms. The Bertz CT molecular complexity index is 280. The number of hydrogen-bond donors (Lipinski definition) is 4. The third kappa shape index (κ3) is 10.7. The van der Waals surface area contributed by atoms with E-state index in [9.17, 15) is 9.59 Å². The largest absolute Gasteiger partial charge is 0.481 e. The summed E-state index contributed by atoms with van der Waals surface area (Å²) < 4.78 is 5.03. The number of ether oxygens (including phenoxy) is 1. The lowest BCUT2D eigenvalue weighted by atomic mass is 10.1. The number of aliphatic hydroxyl groups excluding tert-OH is 2. The summed E-state index contributed by atoms with van der Waals surface area (Å²) >= 11 is 0. The normalized spacial score (nSPS) is 13.9. The second-order valence-electron chi connectivity index (χ2n) is 4.70. The number of rotatable bonds is 13. The summed E-state index contributed by atoms with van der Waals surface area (Å²) in [7, 11) is 0. The number of carbonyl (C=O) groups is 2. The van der Waals surface area contributed by atoms with Crippen LogP contribution in [0.25, 0.3) is 0 Å². The molecule has 0 rings (SSSR count). The summed E-state index contributed by atoms with van der Waals surface area (Å²) in [6, 6.07) is 0. The van der Waals surface area contributed by atoms with Gasteiger partial charge in [0.25, 0.3) is 0 Å². The first-order chi connectivity index (χ1) is 9.47. The van der Waals surface area contributed by atoms with Crippen LogP contribution in [0.3, 0.4) is 0 Å². The van der Waals surface area contributed by atoms with Gasteiger partial charge in [0.15, 0.2) is 6.10 Å². The van der Waals surface area contributed by atoms with E-state index >= 15 is 0 Å². The van der Waals surface area contributed by atoms with E-state index in [0.29, 0.717) is 19.3 Å². The van der Waals surface area contributed by atoms with Gasteiger partial charge in [-0.1, -0.05) is 25.7 Å². The highest BCUT2D eigenvalue weighted by molar-refractivity contribution is 5.72. The summed E-state index contributed by atoms with van der Waals surface area (Å²) in [5, 5.41) is 35.1. The molecule has 0 radical (unpaired) electrons. The molecular weight excluding hydrogens is 268 g/mol. The average molecular weight is 292 g/mol. The number of carboxylic acids is 2. The average Bonchev–Trinajstić information content (AvgIpc) is 2.39. The monoisotopic (exact) mass is 292 g/mol. The first-order valence-corrected chi connectivity index (χ1v) is 6.82. The smallest absolute Gasteiger partial charge is 0.332 e. The Morgan fingerprint density at radius 3 is 2.15 bits per heavy atom. The Morgan fingerprint density at radius 1 is 1.00 bits per heavy atom. The summed E-state index contributed by atoms with van der Waals surface area (Å²) in [5.74, 6) is -1.88. The van der Waals surface area contributed by atoms with Gasteiger partial charge >= 0.3 is 11.9 Å². The van der Waals surface area contributed by atoms with Gasteiger partial charge in [0.1, 0.15) is 6.10 Å². The molecule has 0 fully saturated rings. The molecule has 0 saturated carbocycles. The highest BCUT2D eigenvalue weighted by Gasteiger charge is 2.18. The van der Waals surface area contributed by atoms with Gasteiger partial charge in [-0.3, -0.25) is 4.79 Å². The van der Waals surface area contributed by atoms with E-state index in [0.717, 1.165) is 19.3 Å². The molecule has 0 aromatic heterocycles. The van der Waals surface area contributed by atoms with Crippen LogP contribution in [-0.4, -0.2) is 57.8 Å². The van der Waals surface area contributed by atoms with Gasteiger partial charge in [-0.25, -0.2) is 4.79 Å². The lowest BCUT2D eigenvalue weighted by Crippen LogP contribution is -2.29. The minimum Gasteiger partial charge on any atom is -0.481 e. The minimum atomic E-state index is -1.08. The van der Waals surface area contributed by atoms with Crippen molar-refractivity contribution in [2.75, 3.05) is 13.2 Å². The van der Waals surface area contributed by atoms with Crippen LogP contribution in [0.1, 0.15) is 44.9 Å². The van der Waals surface area contributed by atoms with Crippen LogP contribution >= 0.6 is 0 Å². The van der Waals surface area contributed by atoms with Gasteiger partial charge < -0.3 is 25.2 Å². The van der Waals surface area contributed by atoms with Crippen molar-refractivity contribution in [3.63, 3.8) is 0 Å². The topological polar surface area (TPSA) is 124 Å². The predicted molar refractivity (Wildman–Crippen MR) is 70.4 cm³/mol. The second kappa shape index (κ2) is 11.6. The quantitative estimate of drug-likeness (QED) is 0.367. The van der Waals surface area contributed by atoms with Gasteiger partial charge in [-0.05, 0) is 12.8 Å². The van der Waals surface area contributed by atoms with E-state index in [1.165, 1.54) is 0 Å². The number of hydrogen-bond acceptors (Lipinski definition) is 5. The molecule has 0 aliphatic carbocycles. The molecule has 0 heterocycles. The lowest BCUT2D eigenvalue weighted by Gasteiger charge is -2.15. The van der Waals surface area contributed by atoms with E-state index in [4.69, 9.17) is 25.2 Å². The van der Waals surface area contributed by atoms with Crippen LogP contribution in [0.15, 0.2) is 0 Å². The minimum absolute atomic E-state index is 0.167. The molecule has 0 saturated heterocycles. The van der Waals surface area contributed by atoms with Crippen molar-refractivity contribution in [2.24, 2.45) is 0 Å². The number of aliphatic hydroxyl groups is 2. The first-order valence-electron chi connectivity index (χ1n) is 6.82. The molecule has 7 heteroatoms. The number of carboxylic acid groups (broad SMARTS) is 2. The summed E-state index contributed by atoms with van der Waals surface area (Å²) in [5.41, 5.74) is 0. The molecule has 0 aromatic carbocycles. The molecule has 0 aliphatic heterocycles. The van der Waals surface area contributed by atoms with Gasteiger partial charge in [-0.2, -0.15) is 0 Å². The van der Waals surface area contributed by atoms with E-state index in [2.05, 4.69) is 0 Å². The molecule has 0 aliphatic rings. The van der Waals surface area contributed by atoms with Crippen LogP contribution in [0.4, 0.5) is 0 Å². The van der Waals surface area contributed by atoms with Gasteiger partial charge in [-0.15, -0.1) is 0 Å². The zero-order valence-electron chi connectivity index (χ0n) is 11.5. The first kappa shape index (κ1) is 18.8. The summed E-state index contributed by atoms with van der Waals surface area (Å²) in [6.45, 7) is -0.665. The fraction of sp³-hybridized carbons (Fsp3) is 0.846. The van der Waals surface area contributed by atoms with E-state index in [1.54, 1.807) is 0 Å². The van der Waals surface area contributed by atoms with Gasteiger partial charge in [0.2, 0.25) is 0 Å². The second-order valence-corrected chi connectivity index (χ2v) is 4.70. The van der Waals surface area contributed by atoms with Crippen LogP contribution in [-0.2, 0) is 14.3 Å². The Morgan fingerprint density at radius 2 is 1.60 bits per heavy atom. The molecule has 2 atom stereocenters. The number of aliphatic carboxylic acids is 2. The Hall–Kier alpha value is -1.18. The lowest BCUT2D eigenvalue weighted by molar-refractivity contribution is -0.153. The van der Waals surface area contributed by atoms with Crippen molar-refractivity contribution < 1.29 is 34.8 Å². The molecule has 0 spiro atoms. The van der Waals surface area contributed by atoms with E-state index in [-0.39, 0.29) is 13.0 Å². The van der Waals surface area contributed by atoms with Gasteiger partial charge in [0, 0.05) is 6.42 Å².